The van der Waals surface area contributed by atoms with Gasteiger partial charge in [0.15, 0.2) is 0 Å². The average Bonchev–Trinajstić information content (AvgIpc) is 2.59. The summed E-state index contributed by atoms with van der Waals surface area (Å²) >= 11 is 0. The first-order valence-electron chi connectivity index (χ1n) is 4.93. The Kier molecular flexibility index (Phi) is 4.15. The number of carbonyl (C=O) groups is 1. The third-order valence-corrected chi connectivity index (χ3v) is 2.54. The van der Waals surface area contributed by atoms with E-state index in [0.717, 1.165) is 24.4 Å². The van der Waals surface area contributed by atoms with Crippen LogP contribution in [0, 0.1) is 0 Å². The Bertz CT molecular complexity index is 326. The standard InChI is InChI=1S/C10H14N2O2.ClH/c1-14-10(13)6-9-11-7-4-2-3-5-8(7)12-9;/h2-6H2,1H3,(H,11,12);1H. The number of aromatic amines is 1. The van der Waals surface area contributed by atoms with Crippen molar-refractivity contribution in [2.75, 3.05) is 7.11 Å². The lowest BCUT2D eigenvalue weighted by Gasteiger charge is -2.07. The van der Waals surface area contributed by atoms with Crippen LogP contribution in [0.4, 0.5) is 0 Å². The SMILES string of the molecule is COC(=O)Cc1nc2c([nH]1)CCCC2.Cl. The Morgan fingerprint density at radius 2 is 2.20 bits per heavy atom. The zero-order valence-corrected chi connectivity index (χ0v) is 9.52. The molecule has 84 valence electrons. The van der Waals surface area contributed by atoms with Gasteiger partial charge in [0.1, 0.15) is 12.2 Å². The van der Waals surface area contributed by atoms with E-state index in [0.29, 0.717) is 0 Å². The van der Waals surface area contributed by atoms with Crippen LogP contribution in [0.1, 0.15) is 30.1 Å². The number of nitrogens with one attached hydrogen (secondary N) is 1. The minimum Gasteiger partial charge on any atom is -0.469 e. The molecule has 0 saturated heterocycles. The highest BCUT2D eigenvalue weighted by atomic mass is 35.5. The molecule has 0 spiro atoms. The molecule has 4 nitrogen and oxygen atoms in total. The normalized spacial score (nSPS) is 13.9. The number of esters is 1. The summed E-state index contributed by atoms with van der Waals surface area (Å²) in [6.07, 6.45) is 4.77. The topological polar surface area (TPSA) is 55.0 Å². The monoisotopic (exact) mass is 230 g/mol. The summed E-state index contributed by atoms with van der Waals surface area (Å²) < 4.78 is 4.59. The molecule has 0 bridgehead atoms. The van der Waals surface area contributed by atoms with E-state index in [4.69, 9.17) is 0 Å². The van der Waals surface area contributed by atoms with Gasteiger partial charge in [-0.25, -0.2) is 4.98 Å². The quantitative estimate of drug-likeness (QED) is 0.782. The second kappa shape index (κ2) is 5.16. The number of rotatable bonds is 2. The maximum absolute atomic E-state index is 11.0. The second-order valence-corrected chi connectivity index (χ2v) is 3.57. The van der Waals surface area contributed by atoms with Gasteiger partial charge in [-0.15, -0.1) is 12.4 Å². The smallest absolute Gasteiger partial charge is 0.313 e. The summed E-state index contributed by atoms with van der Waals surface area (Å²) in [6.45, 7) is 0. The Hall–Kier alpha value is -1.03. The highest BCUT2D eigenvalue weighted by Gasteiger charge is 2.15. The van der Waals surface area contributed by atoms with Crippen molar-refractivity contribution in [3.8, 4) is 0 Å². The van der Waals surface area contributed by atoms with E-state index >= 15 is 0 Å². The summed E-state index contributed by atoms with van der Waals surface area (Å²) in [5.41, 5.74) is 2.34. The first-order chi connectivity index (χ1) is 6.79. The molecule has 1 N–H and O–H groups in total. The molecule has 1 aromatic heterocycles. The van der Waals surface area contributed by atoms with Gasteiger partial charge in [-0.2, -0.15) is 0 Å². The van der Waals surface area contributed by atoms with Crippen LogP contribution in [0.15, 0.2) is 0 Å². The van der Waals surface area contributed by atoms with Crippen molar-refractivity contribution in [1.29, 1.82) is 0 Å². The summed E-state index contributed by atoms with van der Waals surface area (Å²) in [4.78, 5) is 18.6. The van der Waals surface area contributed by atoms with Gasteiger partial charge in [0.05, 0.1) is 12.8 Å². The van der Waals surface area contributed by atoms with Crippen molar-refractivity contribution >= 4 is 18.4 Å². The Balaban J connectivity index is 0.00000112. The van der Waals surface area contributed by atoms with Gasteiger partial charge >= 0.3 is 5.97 Å². The third-order valence-electron chi connectivity index (χ3n) is 2.54. The fourth-order valence-electron chi connectivity index (χ4n) is 1.81. The van der Waals surface area contributed by atoms with E-state index in [1.54, 1.807) is 0 Å². The number of carbonyl (C=O) groups excluding carboxylic acids is 1. The third kappa shape index (κ3) is 2.72. The molecule has 1 heterocycles. The van der Waals surface area contributed by atoms with Gasteiger partial charge in [0.2, 0.25) is 0 Å². The van der Waals surface area contributed by atoms with Gasteiger partial charge in [0, 0.05) is 5.69 Å². The van der Waals surface area contributed by atoms with Gasteiger partial charge < -0.3 is 9.72 Å². The predicted molar refractivity (Wildman–Crippen MR) is 58.2 cm³/mol. The number of H-pyrrole nitrogens is 1. The first kappa shape index (κ1) is 12.0. The number of fused-ring (bicyclic) bond motifs is 1. The molecule has 0 aliphatic heterocycles. The zero-order valence-electron chi connectivity index (χ0n) is 8.71. The van der Waals surface area contributed by atoms with Crippen LogP contribution >= 0.6 is 12.4 Å². The Morgan fingerprint density at radius 3 is 2.87 bits per heavy atom. The van der Waals surface area contributed by atoms with Crippen molar-refractivity contribution in [2.45, 2.75) is 32.1 Å². The number of hydrogen-bond acceptors (Lipinski definition) is 3. The molecule has 2 rings (SSSR count). The van der Waals surface area contributed by atoms with E-state index in [2.05, 4.69) is 14.7 Å². The van der Waals surface area contributed by atoms with Gasteiger partial charge in [-0.3, -0.25) is 4.79 Å². The number of ether oxygens (including phenoxy) is 1. The molecule has 15 heavy (non-hydrogen) atoms. The predicted octanol–water partition coefficient (Wildman–Crippen LogP) is 1.43. The highest BCUT2D eigenvalue weighted by molar-refractivity contribution is 5.85. The number of halogens is 1. The average molecular weight is 231 g/mol. The van der Waals surface area contributed by atoms with Crippen molar-refractivity contribution in [3.63, 3.8) is 0 Å². The Morgan fingerprint density at radius 1 is 1.47 bits per heavy atom. The molecule has 0 radical (unpaired) electrons. The van der Waals surface area contributed by atoms with Crippen LogP contribution < -0.4 is 0 Å². The maximum atomic E-state index is 11.0. The fourth-order valence-corrected chi connectivity index (χ4v) is 1.81. The molecule has 0 amide bonds. The molecule has 5 heteroatoms. The summed E-state index contributed by atoms with van der Waals surface area (Å²) in [6, 6.07) is 0. The van der Waals surface area contributed by atoms with Crippen molar-refractivity contribution in [1.82, 2.24) is 9.97 Å². The van der Waals surface area contributed by atoms with Crippen LogP contribution in [-0.4, -0.2) is 23.0 Å². The molecule has 1 aliphatic rings. The van der Waals surface area contributed by atoms with Crippen molar-refractivity contribution in [2.24, 2.45) is 0 Å². The molecule has 0 saturated carbocycles. The Labute approximate surface area is 94.8 Å². The summed E-state index contributed by atoms with van der Waals surface area (Å²) in [5, 5.41) is 0. The molecule has 1 aliphatic carbocycles. The number of imidazole rings is 1. The van der Waals surface area contributed by atoms with Crippen LogP contribution in [0.25, 0.3) is 0 Å². The van der Waals surface area contributed by atoms with Gasteiger partial charge in [-0.1, -0.05) is 0 Å². The number of aromatic nitrogens is 2. The maximum Gasteiger partial charge on any atom is 0.313 e. The van der Waals surface area contributed by atoms with E-state index in [1.165, 1.54) is 25.6 Å². The second-order valence-electron chi connectivity index (χ2n) is 3.57. The lowest BCUT2D eigenvalue weighted by molar-refractivity contribution is -0.139. The molecule has 0 unspecified atom stereocenters. The number of aryl methyl sites for hydroxylation is 2. The van der Waals surface area contributed by atoms with Crippen molar-refractivity contribution < 1.29 is 9.53 Å². The van der Waals surface area contributed by atoms with E-state index in [1.807, 2.05) is 0 Å². The number of hydrogen-bond donors (Lipinski definition) is 1. The van der Waals surface area contributed by atoms with E-state index in [9.17, 15) is 4.79 Å². The minimum atomic E-state index is -0.240. The van der Waals surface area contributed by atoms with Gasteiger partial charge in [0.25, 0.3) is 0 Å². The molecular formula is C10H15ClN2O2. The van der Waals surface area contributed by atoms with Crippen molar-refractivity contribution in [3.05, 3.63) is 17.2 Å². The lowest BCUT2D eigenvalue weighted by atomic mass is 10.0. The highest BCUT2D eigenvalue weighted by Crippen LogP contribution is 2.18. The first-order valence-corrected chi connectivity index (χ1v) is 4.93. The number of methoxy groups -OCH3 is 1. The van der Waals surface area contributed by atoms with E-state index < -0.39 is 0 Å². The van der Waals surface area contributed by atoms with Crippen LogP contribution in [-0.2, 0) is 28.8 Å². The molecule has 0 aromatic carbocycles. The van der Waals surface area contributed by atoms with Crippen LogP contribution in [0.2, 0.25) is 0 Å². The van der Waals surface area contributed by atoms with E-state index in [-0.39, 0.29) is 24.8 Å². The van der Waals surface area contributed by atoms with Crippen LogP contribution in [0.5, 0.6) is 0 Å². The molecule has 1 aromatic rings. The molecule has 0 atom stereocenters. The number of nitrogens with zero attached hydrogens (tertiary/aromatic N) is 1. The van der Waals surface area contributed by atoms with Crippen LogP contribution in [0.3, 0.4) is 0 Å². The summed E-state index contributed by atoms with van der Waals surface area (Å²) in [7, 11) is 1.39. The fraction of sp³-hybridized carbons (Fsp3) is 0.600. The lowest BCUT2D eigenvalue weighted by Crippen LogP contribution is -2.05. The zero-order chi connectivity index (χ0) is 9.97. The molecular weight excluding hydrogens is 216 g/mol. The van der Waals surface area contributed by atoms with Gasteiger partial charge in [-0.05, 0) is 25.7 Å². The summed E-state index contributed by atoms with van der Waals surface area (Å²) in [5.74, 6) is 0.500. The largest absolute Gasteiger partial charge is 0.469 e. The molecule has 0 fully saturated rings. The minimum absolute atomic E-state index is 0.